The molecule has 138 valence electrons. The molecule has 0 spiro atoms. The summed E-state index contributed by atoms with van der Waals surface area (Å²) in [5.41, 5.74) is 3.10. The van der Waals surface area contributed by atoms with Gasteiger partial charge in [-0.25, -0.2) is 4.79 Å². The molecular weight excluding hydrogens is 328 g/mol. The van der Waals surface area contributed by atoms with Gasteiger partial charge in [-0.15, -0.1) is 0 Å². The summed E-state index contributed by atoms with van der Waals surface area (Å²) in [5.74, 6) is -0.187. The molecule has 1 amide bonds. The molecule has 26 heavy (non-hydrogen) atoms. The molecule has 2 rings (SSSR count). The van der Waals surface area contributed by atoms with Crippen molar-refractivity contribution in [3.05, 3.63) is 59.7 Å². The summed E-state index contributed by atoms with van der Waals surface area (Å²) in [6.07, 6.45) is 0.295. The maximum absolute atomic E-state index is 12.3. The Kier molecular flexibility index (Phi) is 7.21. The monoisotopic (exact) mass is 354 g/mol. The Balaban J connectivity index is 1.93. The molecule has 0 radical (unpaired) electrons. The number of rotatable bonds is 8. The van der Waals surface area contributed by atoms with Gasteiger partial charge in [-0.1, -0.05) is 44.2 Å². The maximum Gasteiger partial charge on any atom is 0.340 e. The average Bonchev–Trinajstić information content (AvgIpc) is 2.62. The Morgan fingerprint density at radius 3 is 2.35 bits per heavy atom. The van der Waals surface area contributed by atoms with Crippen LogP contribution in [0.5, 0.6) is 0 Å². The first-order valence-electron chi connectivity index (χ1n) is 8.91. The fourth-order valence-corrected chi connectivity index (χ4v) is 2.66. The highest BCUT2D eigenvalue weighted by molar-refractivity contribution is 6.01. The van der Waals surface area contributed by atoms with E-state index >= 15 is 0 Å². The van der Waals surface area contributed by atoms with Gasteiger partial charge in [0.2, 0.25) is 5.91 Å². The average molecular weight is 354 g/mol. The number of para-hydroxylation sites is 2. The van der Waals surface area contributed by atoms with Gasteiger partial charge in [0.25, 0.3) is 0 Å². The minimum absolute atomic E-state index is 0.156. The van der Waals surface area contributed by atoms with Crippen LogP contribution in [-0.4, -0.2) is 25.0 Å². The van der Waals surface area contributed by atoms with Crippen molar-refractivity contribution < 1.29 is 14.3 Å². The Labute approximate surface area is 154 Å². The molecule has 2 aromatic carbocycles. The maximum atomic E-state index is 12.3. The van der Waals surface area contributed by atoms with Crippen LogP contribution in [0.25, 0.3) is 0 Å². The summed E-state index contributed by atoms with van der Waals surface area (Å²) in [6, 6.07) is 15.0. The lowest BCUT2D eigenvalue weighted by Gasteiger charge is -2.15. The number of anilines is 2. The highest BCUT2D eigenvalue weighted by Crippen LogP contribution is 2.23. The van der Waals surface area contributed by atoms with Crippen molar-refractivity contribution in [2.45, 2.75) is 33.1 Å². The molecule has 5 heteroatoms. The van der Waals surface area contributed by atoms with Gasteiger partial charge in [0, 0.05) is 18.7 Å². The quantitative estimate of drug-likeness (QED) is 0.688. The molecule has 0 aliphatic heterocycles. The van der Waals surface area contributed by atoms with Gasteiger partial charge in [0.05, 0.1) is 17.9 Å². The van der Waals surface area contributed by atoms with Crippen LogP contribution in [0.1, 0.15) is 49.0 Å². The first-order valence-corrected chi connectivity index (χ1v) is 8.91. The summed E-state index contributed by atoms with van der Waals surface area (Å²) in [6.45, 7) is 6.83. The zero-order chi connectivity index (χ0) is 18.9. The predicted octanol–water partition coefficient (Wildman–Crippen LogP) is 4.43. The molecule has 0 saturated carbocycles. The molecule has 0 atom stereocenters. The molecule has 2 aromatic rings. The Morgan fingerprint density at radius 2 is 1.65 bits per heavy atom. The lowest BCUT2D eigenvalue weighted by Crippen LogP contribution is -2.19. The third-order valence-corrected chi connectivity index (χ3v) is 3.95. The first kappa shape index (κ1) is 19.5. The van der Waals surface area contributed by atoms with E-state index in [-0.39, 0.29) is 5.91 Å². The van der Waals surface area contributed by atoms with Crippen LogP contribution >= 0.6 is 0 Å². The van der Waals surface area contributed by atoms with Crippen LogP contribution in [0.2, 0.25) is 0 Å². The van der Waals surface area contributed by atoms with Gasteiger partial charge in [0.1, 0.15) is 0 Å². The Morgan fingerprint density at radius 1 is 1.00 bits per heavy atom. The van der Waals surface area contributed by atoms with Gasteiger partial charge >= 0.3 is 5.97 Å². The van der Waals surface area contributed by atoms with E-state index in [1.54, 1.807) is 31.2 Å². The number of ether oxygens (including phenoxy) is 1. The van der Waals surface area contributed by atoms with Crippen LogP contribution < -0.4 is 10.6 Å². The first-order chi connectivity index (χ1) is 12.5. The van der Waals surface area contributed by atoms with Crippen LogP contribution in [0.3, 0.4) is 0 Å². The molecule has 0 fully saturated rings. The second kappa shape index (κ2) is 9.61. The number of hydrogen-bond acceptors (Lipinski definition) is 4. The molecule has 0 aromatic heterocycles. The fraction of sp³-hybridized carbons (Fsp3) is 0.333. The molecule has 0 heterocycles. The van der Waals surface area contributed by atoms with Crippen molar-refractivity contribution in [1.29, 1.82) is 0 Å². The van der Waals surface area contributed by atoms with Gasteiger partial charge < -0.3 is 15.4 Å². The summed E-state index contributed by atoms with van der Waals surface area (Å²) >= 11 is 0. The predicted molar refractivity (Wildman–Crippen MR) is 105 cm³/mol. The van der Waals surface area contributed by atoms with Crippen molar-refractivity contribution in [3.63, 3.8) is 0 Å². The number of carbonyl (C=O) groups excluding carboxylic acids is 2. The third kappa shape index (κ3) is 5.34. The van der Waals surface area contributed by atoms with Crippen LogP contribution in [0.4, 0.5) is 11.4 Å². The number of nitrogens with one attached hydrogen (secondary N) is 2. The van der Waals surface area contributed by atoms with Crippen molar-refractivity contribution in [1.82, 2.24) is 0 Å². The van der Waals surface area contributed by atoms with E-state index in [9.17, 15) is 9.59 Å². The van der Waals surface area contributed by atoms with E-state index in [1.165, 1.54) is 5.56 Å². The van der Waals surface area contributed by atoms with Crippen LogP contribution in [0, 0.1) is 0 Å². The number of hydrogen-bond donors (Lipinski definition) is 2. The van der Waals surface area contributed by atoms with E-state index in [1.807, 2.05) is 18.2 Å². The molecule has 0 aliphatic carbocycles. The van der Waals surface area contributed by atoms with E-state index in [0.29, 0.717) is 36.7 Å². The van der Waals surface area contributed by atoms with Crippen molar-refractivity contribution in [3.8, 4) is 0 Å². The topological polar surface area (TPSA) is 67.4 Å². The molecule has 0 bridgehead atoms. The zero-order valence-corrected chi connectivity index (χ0v) is 15.5. The molecular formula is C21H26N2O3. The Bertz CT molecular complexity index is 756. The smallest absolute Gasteiger partial charge is 0.340 e. The lowest BCUT2D eigenvalue weighted by atomic mass is 10.0. The SMILES string of the molecule is CCOC(=O)c1ccccc1NC(=O)CCNc1ccccc1C(C)C. The largest absolute Gasteiger partial charge is 0.462 e. The van der Waals surface area contributed by atoms with Gasteiger partial charge in [0.15, 0.2) is 0 Å². The number of benzene rings is 2. The van der Waals surface area contributed by atoms with E-state index in [2.05, 4.69) is 30.5 Å². The molecule has 0 unspecified atom stereocenters. The van der Waals surface area contributed by atoms with Crippen molar-refractivity contribution >= 4 is 23.3 Å². The fourth-order valence-electron chi connectivity index (χ4n) is 2.66. The van der Waals surface area contributed by atoms with E-state index < -0.39 is 5.97 Å². The van der Waals surface area contributed by atoms with Gasteiger partial charge in [-0.3, -0.25) is 4.79 Å². The Hall–Kier alpha value is -2.82. The number of carbonyl (C=O) groups is 2. The van der Waals surface area contributed by atoms with Crippen LogP contribution in [-0.2, 0) is 9.53 Å². The highest BCUT2D eigenvalue weighted by Gasteiger charge is 2.14. The minimum atomic E-state index is -0.438. The van der Waals surface area contributed by atoms with E-state index in [4.69, 9.17) is 4.74 Å². The zero-order valence-electron chi connectivity index (χ0n) is 15.5. The van der Waals surface area contributed by atoms with Crippen molar-refractivity contribution in [2.24, 2.45) is 0 Å². The number of esters is 1. The number of amides is 1. The van der Waals surface area contributed by atoms with Crippen molar-refractivity contribution in [2.75, 3.05) is 23.8 Å². The summed E-state index contributed by atoms with van der Waals surface area (Å²) in [4.78, 5) is 24.2. The van der Waals surface area contributed by atoms with E-state index in [0.717, 1.165) is 5.69 Å². The highest BCUT2D eigenvalue weighted by atomic mass is 16.5. The molecule has 0 saturated heterocycles. The molecule has 0 aliphatic rings. The second-order valence-corrected chi connectivity index (χ2v) is 6.23. The van der Waals surface area contributed by atoms with Gasteiger partial charge in [-0.05, 0) is 36.6 Å². The third-order valence-electron chi connectivity index (χ3n) is 3.95. The van der Waals surface area contributed by atoms with Crippen LogP contribution in [0.15, 0.2) is 48.5 Å². The second-order valence-electron chi connectivity index (χ2n) is 6.23. The normalized spacial score (nSPS) is 10.5. The minimum Gasteiger partial charge on any atom is -0.462 e. The molecule has 2 N–H and O–H groups in total. The summed E-state index contributed by atoms with van der Waals surface area (Å²) < 4.78 is 5.02. The lowest BCUT2D eigenvalue weighted by molar-refractivity contribution is -0.115. The summed E-state index contributed by atoms with van der Waals surface area (Å²) in [5, 5.41) is 6.11. The molecule has 5 nitrogen and oxygen atoms in total. The summed E-state index contributed by atoms with van der Waals surface area (Å²) in [7, 11) is 0. The van der Waals surface area contributed by atoms with Gasteiger partial charge in [-0.2, -0.15) is 0 Å². The standard InChI is InChI=1S/C21H26N2O3/c1-4-26-21(25)17-10-6-8-12-19(17)23-20(24)13-14-22-18-11-7-5-9-16(18)15(2)3/h5-12,15,22H,4,13-14H2,1-3H3,(H,23,24).